The Morgan fingerprint density at radius 1 is 1.43 bits per heavy atom. The first-order valence-electron chi connectivity index (χ1n) is 7.83. The third-order valence-corrected chi connectivity index (χ3v) is 4.32. The zero-order valence-corrected chi connectivity index (χ0v) is 13.0. The Balaban J connectivity index is 2.27. The Hall–Kier alpha value is -1.56. The molecule has 0 aromatic carbocycles. The lowest BCUT2D eigenvalue weighted by Gasteiger charge is -2.34. The van der Waals surface area contributed by atoms with E-state index in [1.807, 2.05) is 6.92 Å². The van der Waals surface area contributed by atoms with E-state index in [4.69, 9.17) is 5.73 Å². The van der Waals surface area contributed by atoms with Crippen molar-refractivity contribution in [1.29, 1.82) is 0 Å². The summed E-state index contributed by atoms with van der Waals surface area (Å²) in [7, 11) is 1.75. The first kappa shape index (κ1) is 15.8. The Kier molecular flexibility index (Phi) is 5.22. The maximum Gasteiger partial charge on any atom is 0.274 e. The van der Waals surface area contributed by atoms with Gasteiger partial charge in [-0.05, 0) is 19.3 Å². The molecule has 0 spiro atoms. The Bertz CT molecular complexity index is 492. The van der Waals surface area contributed by atoms with Gasteiger partial charge in [-0.15, -0.1) is 0 Å². The second-order valence-electron chi connectivity index (χ2n) is 5.70. The SMILES string of the molecule is CCc1nn(C)c(C(=O)N(CCO)C2CCCCC2)c1N. The molecule has 6 nitrogen and oxygen atoms in total. The van der Waals surface area contributed by atoms with Gasteiger partial charge in [-0.3, -0.25) is 9.48 Å². The summed E-state index contributed by atoms with van der Waals surface area (Å²) >= 11 is 0. The van der Waals surface area contributed by atoms with Crippen LogP contribution in [-0.2, 0) is 13.5 Å². The second-order valence-corrected chi connectivity index (χ2v) is 5.70. The van der Waals surface area contributed by atoms with Gasteiger partial charge in [-0.25, -0.2) is 0 Å². The van der Waals surface area contributed by atoms with Crippen molar-refractivity contribution in [3.8, 4) is 0 Å². The minimum Gasteiger partial charge on any atom is -0.395 e. The number of carbonyl (C=O) groups is 1. The van der Waals surface area contributed by atoms with Crippen LogP contribution in [-0.4, -0.2) is 44.9 Å². The van der Waals surface area contributed by atoms with Crippen molar-refractivity contribution < 1.29 is 9.90 Å². The van der Waals surface area contributed by atoms with Crippen LogP contribution >= 0.6 is 0 Å². The summed E-state index contributed by atoms with van der Waals surface area (Å²) in [5.41, 5.74) is 7.77. The molecule has 3 N–H and O–H groups in total. The molecule has 6 heteroatoms. The number of rotatable bonds is 5. The maximum atomic E-state index is 12.9. The van der Waals surface area contributed by atoms with E-state index in [1.54, 1.807) is 16.6 Å². The minimum absolute atomic E-state index is 0.0272. The van der Waals surface area contributed by atoms with E-state index in [1.165, 1.54) is 6.42 Å². The number of nitrogens with zero attached hydrogens (tertiary/aromatic N) is 3. The fourth-order valence-corrected chi connectivity index (χ4v) is 3.20. The molecule has 0 unspecified atom stereocenters. The number of aromatic nitrogens is 2. The quantitative estimate of drug-likeness (QED) is 0.858. The molecule has 1 amide bonds. The van der Waals surface area contributed by atoms with Gasteiger partial charge in [0, 0.05) is 19.6 Å². The summed E-state index contributed by atoms with van der Waals surface area (Å²) in [5.74, 6) is -0.108. The van der Waals surface area contributed by atoms with Gasteiger partial charge in [0.25, 0.3) is 5.91 Å². The van der Waals surface area contributed by atoms with Gasteiger partial charge in [0.2, 0.25) is 0 Å². The first-order chi connectivity index (χ1) is 10.1. The number of aliphatic hydroxyl groups is 1. The number of amides is 1. The van der Waals surface area contributed by atoms with Gasteiger partial charge in [0.1, 0.15) is 5.69 Å². The summed E-state index contributed by atoms with van der Waals surface area (Å²) in [6.45, 7) is 2.30. The number of nitrogen functional groups attached to an aromatic ring is 1. The molecule has 0 aliphatic heterocycles. The lowest BCUT2D eigenvalue weighted by molar-refractivity contribution is 0.0575. The molecule has 1 saturated carbocycles. The molecule has 118 valence electrons. The predicted octanol–water partition coefficient (Wildman–Crippen LogP) is 1.33. The van der Waals surface area contributed by atoms with E-state index in [0.29, 0.717) is 24.3 Å². The van der Waals surface area contributed by atoms with E-state index in [-0.39, 0.29) is 18.6 Å². The number of hydrogen-bond donors (Lipinski definition) is 2. The van der Waals surface area contributed by atoms with Gasteiger partial charge in [0.05, 0.1) is 18.0 Å². The Labute approximate surface area is 125 Å². The zero-order valence-electron chi connectivity index (χ0n) is 13.0. The van der Waals surface area contributed by atoms with Crippen molar-refractivity contribution in [2.45, 2.75) is 51.5 Å². The molecule has 0 saturated heterocycles. The molecule has 1 aromatic rings. The van der Waals surface area contributed by atoms with Gasteiger partial charge < -0.3 is 15.7 Å². The van der Waals surface area contributed by atoms with Crippen molar-refractivity contribution >= 4 is 11.6 Å². The highest BCUT2D eigenvalue weighted by atomic mass is 16.3. The van der Waals surface area contributed by atoms with E-state index in [0.717, 1.165) is 31.4 Å². The monoisotopic (exact) mass is 294 g/mol. The summed E-state index contributed by atoms with van der Waals surface area (Å²) in [6, 6.07) is 0.206. The second kappa shape index (κ2) is 6.93. The summed E-state index contributed by atoms with van der Waals surface area (Å²) in [5, 5.41) is 13.6. The third kappa shape index (κ3) is 3.20. The van der Waals surface area contributed by atoms with E-state index in [2.05, 4.69) is 5.10 Å². The largest absolute Gasteiger partial charge is 0.395 e. The summed E-state index contributed by atoms with van der Waals surface area (Å²) in [6.07, 6.45) is 6.22. The van der Waals surface area contributed by atoms with Crippen molar-refractivity contribution in [2.75, 3.05) is 18.9 Å². The van der Waals surface area contributed by atoms with Crippen LogP contribution in [0.5, 0.6) is 0 Å². The molecule has 21 heavy (non-hydrogen) atoms. The van der Waals surface area contributed by atoms with E-state index in [9.17, 15) is 9.90 Å². The lowest BCUT2D eigenvalue weighted by Crippen LogP contribution is -2.44. The molecule has 0 bridgehead atoms. The standard InChI is InChI=1S/C15H26N4O2/c1-3-12-13(16)14(18(2)17-12)15(21)19(9-10-20)11-7-5-4-6-8-11/h11,20H,3-10,16H2,1-2H3. The Morgan fingerprint density at radius 3 is 2.62 bits per heavy atom. The van der Waals surface area contributed by atoms with Crippen LogP contribution in [0.2, 0.25) is 0 Å². The highest BCUT2D eigenvalue weighted by Gasteiger charge is 2.29. The number of anilines is 1. The molecule has 1 fully saturated rings. The number of carbonyl (C=O) groups excluding carboxylic acids is 1. The van der Waals surface area contributed by atoms with Gasteiger partial charge in [0.15, 0.2) is 0 Å². The fraction of sp³-hybridized carbons (Fsp3) is 0.733. The number of hydrogen-bond acceptors (Lipinski definition) is 4. The first-order valence-corrected chi connectivity index (χ1v) is 7.83. The number of nitrogens with two attached hydrogens (primary N) is 1. The van der Waals surface area contributed by atoms with Gasteiger partial charge in [-0.2, -0.15) is 5.10 Å². The van der Waals surface area contributed by atoms with Crippen molar-refractivity contribution in [3.05, 3.63) is 11.4 Å². The van der Waals surface area contributed by atoms with Gasteiger partial charge in [-0.1, -0.05) is 26.2 Å². The van der Waals surface area contributed by atoms with E-state index >= 15 is 0 Å². The topological polar surface area (TPSA) is 84.4 Å². The normalized spacial score (nSPS) is 16.1. The molecule has 1 aliphatic rings. The van der Waals surface area contributed by atoms with Gasteiger partial charge >= 0.3 is 0 Å². The maximum absolute atomic E-state index is 12.9. The number of aryl methyl sites for hydroxylation is 2. The highest BCUT2D eigenvalue weighted by Crippen LogP contribution is 2.26. The number of aliphatic hydroxyl groups excluding tert-OH is 1. The smallest absolute Gasteiger partial charge is 0.274 e. The predicted molar refractivity (Wildman–Crippen MR) is 82.0 cm³/mol. The van der Waals surface area contributed by atoms with Crippen LogP contribution in [0.3, 0.4) is 0 Å². The Morgan fingerprint density at radius 2 is 2.10 bits per heavy atom. The van der Waals surface area contributed by atoms with Crippen LogP contribution < -0.4 is 5.73 Å². The lowest BCUT2D eigenvalue weighted by atomic mass is 9.94. The average Bonchev–Trinajstić information content (AvgIpc) is 2.79. The summed E-state index contributed by atoms with van der Waals surface area (Å²) < 4.78 is 1.57. The summed E-state index contributed by atoms with van der Waals surface area (Å²) in [4.78, 5) is 14.7. The molecule has 2 rings (SSSR count). The average molecular weight is 294 g/mol. The molecule has 0 radical (unpaired) electrons. The van der Waals surface area contributed by atoms with Crippen molar-refractivity contribution in [1.82, 2.24) is 14.7 Å². The minimum atomic E-state index is -0.108. The van der Waals surface area contributed by atoms with Crippen LogP contribution in [0.1, 0.15) is 55.2 Å². The molecular weight excluding hydrogens is 268 g/mol. The molecule has 1 aromatic heterocycles. The van der Waals surface area contributed by atoms with Crippen LogP contribution in [0.4, 0.5) is 5.69 Å². The van der Waals surface area contributed by atoms with Crippen molar-refractivity contribution in [3.63, 3.8) is 0 Å². The van der Waals surface area contributed by atoms with Crippen LogP contribution in [0, 0.1) is 0 Å². The van der Waals surface area contributed by atoms with Crippen LogP contribution in [0.25, 0.3) is 0 Å². The molecule has 0 atom stereocenters. The zero-order chi connectivity index (χ0) is 15.4. The van der Waals surface area contributed by atoms with Crippen LogP contribution in [0.15, 0.2) is 0 Å². The highest BCUT2D eigenvalue weighted by molar-refractivity contribution is 5.98. The third-order valence-electron chi connectivity index (χ3n) is 4.32. The molecule has 1 aliphatic carbocycles. The fourth-order valence-electron chi connectivity index (χ4n) is 3.20. The van der Waals surface area contributed by atoms with Crippen molar-refractivity contribution in [2.24, 2.45) is 7.05 Å². The molecule has 1 heterocycles. The molecular formula is C15H26N4O2. The van der Waals surface area contributed by atoms with E-state index < -0.39 is 0 Å².